The maximum atomic E-state index is 13.5. The van der Waals surface area contributed by atoms with Crippen molar-refractivity contribution in [1.29, 1.82) is 0 Å². The van der Waals surface area contributed by atoms with Crippen LogP contribution in [0.15, 0.2) is 76.4 Å². The quantitative estimate of drug-likeness (QED) is 0.0676. The molecule has 1 aliphatic rings. The smallest absolute Gasteiger partial charge is 0.408 e. The molecule has 7 N–H and O–H groups in total. The first kappa shape index (κ1) is 43.6. The third-order valence-corrected chi connectivity index (χ3v) is 8.75. The molecule has 3 aromatic rings. The van der Waals surface area contributed by atoms with Crippen molar-refractivity contribution in [3.8, 4) is 5.75 Å². The zero-order valence-electron chi connectivity index (χ0n) is 31.9. The number of nitrogens with zero attached hydrogens (tertiary/aromatic N) is 2. The third kappa shape index (κ3) is 11.7. The van der Waals surface area contributed by atoms with Crippen molar-refractivity contribution in [3.05, 3.63) is 98.8 Å². The number of alkyl carbamates (subject to hydrolysis) is 1. The van der Waals surface area contributed by atoms with E-state index in [9.17, 15) is 44.4 Å². The molecular weight excluding hydrogens is 734 g/mol. The highest BCUT2D eigenvalue weighted by molar-refractivity contribution is 5.86. The number of ether oxygens (including phenoxy) is 4. The average molecular weight is 786 g/mol. The maximum absolute atomic E-state index is 13.5. The highest BCUT2D eigenvalue weighted by Crippen LogP contribution is 2.31. The highest BCUT2D eigenvalue weighted by atomic mass is 16.6. The van der Waals surface area contributed by atoms with Gasteiger partial charge in [-0.1, -0.05) is 42.5 Å². The molecular formula is C38H51N5O13. The van der Waals surface area contributed by atoms with Crippen molar-refractivity contribution < 1.29 is 53.8 Å². The SMILES string of the molecule is COc1ccc(Cn2c(=O)ccn([C@@H]3OC([C@H](O)[C@H](NCCCNC(=O)[C@@H](NC(=O)OCc4ccccc4)[C@H](C)O)C(=O)OC(C)(C)C)[C@@H](O)[C@H]3O)c2=O)cc1. The van der Waals surface area contributed by atoms with Crippen LogP contribution in [-0.4, -0.2) is 116 Å². The first-order valence-electron chi connectivity index (χ1n) is 18.0. The zero-order valence-corrected chi connectivity index (χ0v) is 31.9. The van der Waals surface area contributed by atoms with Gasteiger partial charge in [-0.2, -0.15) is 0 Å². The molecule has 1 saturated heterocycles. The number of carbonyl (C=O) groups excluding carboxylic acids is 3. The summed E-state index contributed by atoms with van der Waals surface area (Å²) in [5.41, 5.74) is -1.14. The minimum atomic E-state index is -1.83. The lowest BCUT2D eigenvalue weighted by atomic mass is 9.99. The largest absolute Gasteiger partial charge is 0.497 e. The molecule has 1 unspecified atom stereocenters. The van der Waals surface area contributed by atoms with Gasteiger partial charge in [0.2, 0.25) is 5.91 Å². The van der Waals surface area contributed by atoms with E-state index >= 15 is 0 Å². The molecule has 2 amide bonds. The fraction of sp³-hybridized carbons (Fsp3) is 0.500. The summed E-state index contributed by atoms with van der Waals surface area (Å²) in [6.07, 6.45) is -9.46. The minimum Gasteiger partial charge on any atom is -0.497 e. The van der Waals surface area contributed by atoms with Gasteiger partial charge in [-0.15, -0.1) is 0 Å². The highest BCUT2D eigenvalue weighted by Gasteiger charge is 2.50. The summed E-state index contributed by atoms with van der Waals surface area (Å²) < 4.78 is 23.5. The number of rotatable bonds is 17. The van der Waals surface area contributed by atoms with Crippen molar-refractivity contribution in [1.82, 2.24) is 25.1 Å². The van der Waals surface area contributed by atoms with E-state index in [1.807, 2.05) is 6.07 Å². The molecule has 18 nitrogen and oxygen atoms in total. The van der Waals surface area contributed by atoms with E-state index in [-0.39, 0.29) is 32.7 Å². The van der Waals surface area contributed by atoms with Crippen LogP contribution in [0.4, 0.5) is 4.79 Å². The van der Waals surface area contributed by atoms with Gasteiger partial charge in [0, 0.05) is 18.8 Å². The predicted octanol–water partition coefficient (Wildman–Crippen LogP) is -0.471. The van der Waals surface area contributed by atoms with Gasteiger partial charge in [-0.05, 0) is 63.9 Å². The van der Waals surface area contributed by atoms with E-state index in [2.05, 4.69) is 16.0 Å². The van der Waals surface area contributed by atoms with Crippen LogP contribution in [0.1, 0.15) is 51.5 Å². The minimum absolute atomic E-state index is 0.00226. The van der Waals surface area contributed by atoms with Crippen LogP contribution < -0.4 is 31.9 Å². The Morgan fingerprint density at radius 1 is 0.911 bits per heavy atom. The predicted molar refractivity (Wildman–Crippen MR) is 199 cm³/mol. The lowest BCUT2D eigenvalue weighted by Gasteiger charge is -2.31. The fourth-order valence-electron chi connectivity index (χ4n) is 5.84. The first-order valence-corrected chi connectivity index (χ1v) is 18.0. The summed E-state index contributed by atoms with van der Waals surface area (Å²) >= 11 is 0. The Morgan fingerprint density at radius 2 is 1.59 bits per heavy atom. The molecule has 0 spiro atoms. The third-order valence-electron chi connectivity index (χ3n) is 8.75. The van der Waals surface area contributed by atoms with Gasteiger partial charge in [0.15, 0.2) is 6.23 Å². The Bertz CT molecular complexity index is 1880. The number of esters is 1. The molecule has 18 heteroatoms. The van der Waals surface area contributed by atoms with Gasteiger partial charge in [-0.3, -0.25) is 23.5 Å². The van der Waals surface area contributed by atoms with E-state index < -0.39 is 83.7 Å². The second-order valence-corrected chi connectivity index (χ2v) is 14.3. The number of aliphatic hydroxyl groups is 4. The molecule has 1 aromatic heterocycles. The Labute approximate surface area is 323 Å². The number of nitrogens with one attached hydrogen (secondary N) is 3. The van der Waals surface area contributed by atoms with E-state index in [4.69, 9.17) is 18.9 Å². The average Bonchev–Trinajstić information content (AvgIpc) is 3.45. The number of aliphatic hydroxyl groups excluding tert-OH is 4. The number of amides is 2. The van der Waals surface area contributed by atoms with E-state index in [0.717, 1.165) is 27.0 Å². The molecule has 56 heavy (non-hydrogen) atoms. The normalized spacial score (nSPS) is 20.3. The van der Waals surface area contributed by atoms with E-state index in [0.29, 0.717) is 11.3 Å². The van der Waals surface area contributed by atoms with Crippen molar-refractivity contribution in [2.45, 2.75) is 102 Å². The van der Waals surface area contributed by atoms with Crippen molar-refractivity contribution in [2.24, 2.45) is 0 Å². The van der Waals surface area contributed by atoms with Gasteiger partial charge in [0.05, 0.1) is 19.8 Å². The lowest BCUT2D eigenvalue weighted by molar-refractivity contribution is -0.166. The monoisotopic (exact) mass is 785 g/mol. The molecule has 8 atom stereocenters. The van der Waals surface area contributed by atoms with Crippen molar-refractivity contribution in [3.63, 3.8) is 0 Å². The summed E-state index contributed by atoms with van der Waals surface area (Å²) in [4.78, 5) is 64.7. The van der Waals surface area contributed by atoms with Crippen LogP contribution >= 0.6 is 0 Å². The summed E-state index contributed by atoms with van der Waals surface area (Å²) in [6, 6.07) is 13.8. The van der Waals surface area contributed by atoms with Crippen LogP contribution in [0.2, 0.25) is 0 Å². The van der Waals surface area contributed by atoms with Crippen LogP contribution in [0, 0.1) is 0 Å². The molecule has 2 heterocycles. The maximum Gasteiger partial charge on any atom is 0.408 e. The van der Waals surface area contributed by atoms with Gasteiger partial charge in [0.1, 0.15) is 54.5 Å². The standard InChI is InChI=1S/C38H51N5O13/c1-22(44)27(41-36(51)54-21-24-10-7-6-8-11-24)33(49)40-18-9-17-39-28(35(50)56-38(2,3)4)29(46)32-30(47)31(48)34(55-32)42-19-16-26(45)43(37(42)52)20-23-12-14-25(53-5)15-13-23/h6-8,10-16,19,22,27-32,34,39,44,46-48H,9,17-18,20-21H2,1-5H3,(H,40,49)(H,41,51)/t22-,27-,28-,29+,30-,31+,32?,34+/m0/s1. The summed E-state index contributed by atoms with van der Waals surface area (Å²) in [6.45, 7) is 6.00. The van der Waals surface area contributed by atoms with Gasteiger partial charge >= 0.3 is 17.8 Å². The lowest BCUT2D eigenvalue weighted by Crippen LogP contribution is -2.56. The van der Waals surface area contributed by atoms with Crippen molar-refractivity contribution in [2.75, 3.05) is 20.2 Å². The molecule has 1 aliphatic heterocycles. The molecule has 0 saturated carbocycles. The Hall–Kier alpha value is -5.11. The van der Waals surface area contributed by atoms with E-state index in [1.165, 1.54) is 14.0 Å². The first-order chi connectivity index (χ1) is 26.5. The zero-order chi connectivity index (χ0) is 41.2. The number of carbonyl (C=O) groups is 3. The van der Waals surface area contributed by atoms with Crippen LogP contribution in [0.25, 0.3) is 0 Å². The molecule has 4 rings (SSSR count). The van der Waals surface area contributed by atoms with Gasteiger partial charge in [-0.25, -0.2) is 9.59 Å². The van der Waals surface area contributed by atoms with Gasteiger partial charge < -0.3 is 55.3 Å². The molecule has 1 fully saturated rings. The van der Waals surface area contributed by atoms with E-state index in [1.54, 1.807) is 69.3 Å². The Balaban J connectivity index is 1.39. The fourth-order valence-corrected chi connectivity index (χ4v) is 5.84. The number of aromatic nitrogens is 2. The van der Waals surface area contributed by atoms with Crippen LogP contribution in [-0.2, 0) is 37.0 Å². The van der Waals surface area contributed by atoms with Crippen LogP contribution in [0.3, 0.4) is 0 Å². The summed E-state index contributed by atoms with van der Waals surface area (Å²) in [5.74, 6) is -1.04. The number of hydrogen-bond donors (Lipinski definition) is 7. The summed E-state index contributed by atoms with van der Waals surface area (Å²) in [7, 11) is 1.50. The Kier molecular flexibility index (Phi) is 15.3. The topological polar surface area (TPSA) is 249 Å². The molecule has 0 bridgehead atoms. The molecule has 2 aromatic carbocycles. The summed E-state index contributed by atoms with van der Waals surface area (Å²) in [5, 5.41) is 51.4. The number of methoxy groups -OCH3 is 1. The van der Waals surface area contributed by atoms with Crippen molar-refractivity contribution >= 4 is 18.0 Å². The Morgan fingerprint density at radius 3 is 2.21 bits per heavy atom. The molecule has 306 valence electrons. The second-order valence-electron chi connectivity index (χ2n) is 14.3. The van der Waals surface area contributed by atoms with Gasteiger partial charge in [0.25, 0.3) is 5.56 Å². The number of benzene rings is 2. The molecule has 0 aliphatic carbocycles. The van der Waals surface area contributed by atoms with Crippen LogP contribution in [0.5, 0.6) is 5.75 Å². The molecule has 0 radical (unpaired) electrons. The second kappa shape index (κ2) is 19.7. The number of hydrogen-bond acceptors (Lipinski definition) is 14.